The summed E-state index contributed by atoms with van der Waals surface area (Å²) in [6.07, 6.45) is 5.93. The van der Waals surface area contributed by atoms with Crippen molar-refractivity contribution in [3.8, 4) is 0 Å². The average molecular weight is 253 g/mol. The van der Waals surface area contributed by atoms with Gasteiger partial charge in [0.25, 0.3) is 0 Å². The Morgan fingerprint density at radius 2 is 1.72 bits per heavy atom. The van der Waals surface area contributed by atoms with Crippen LogP contribution in [0.1, 0.15) is 51.4 Å². The van der Waals surface area contributed by atoms with E-state index >= 15 is 0 Å². The number of carbonyl (C=O) groups is 3. The Labute approximate surface area is 106 Å². The molecule has 0 aromatic carbocycles. The van der Waals surface area contributed by atoms with Crippen molar-refractivity contribution in [2.75, 3.05) is 0 Å². The fourth-order valence-corrected chi connectivity index (χ4v) is 2.93. The number of carbonyl (C=O) groups excluding carboxylic acids is 2. The Bertz CT molecular complexity index is 360. The van der Waals surface area contributed by atoms with Gasteiger partial charge in [-0.05, 0) is 25.7 Å². The van der Waals surface area contributed by atoms with Crippen LogP contribution in [0.4, 0.5) is 0 Å². The van der Waals surface area contributed by atoms with Crippen LogP contribution in [-0.2, 0) is 14.4 Å². The first-order chi connectivity index (χ1) is 8.61. The van der Waals surface area contributed by atoms with Gasteiger partial charge in [-0.1, -0.05) is 19.3 Å². The first kappa shape index (κ1) is 13.1. The predicted octanol–water partition coefficient (Wildman–Crippen LogP) is 1.56. The number of hydrogen-bond acceptors (Lipinski definition) is 3. The Hall–Kier alpha value is -1.39. The van der Waals surface area contributed by atoms with Gasteiger partial charge in [0, 0.05) is 12.3 Å². The summed E-state index contributed by atoms with van der Waals surface area (Å²) in [4.78, 5) is 36.3. The highest BCUT2D eigenvalue weighted by Crippen LogP contribution is 2.28. The molecule has 1 N–H and O–H groups in total. The molecule has 0 aromatic heterocycles. The van der Waals surface area contributed by atoms with Crippen molar-refractivity contribution in [2.45, 2.75) is 57.4 Å². The first-order valence-electron chi connectivity index (χ1n) is 6.70. The van der Waals surface area contributed by atoms with Crippen molar-refractivity contribution in [3.05, 3.63) is 0 Å². The third kappa shape index (κ3) is 2.54. The van der Waals surface area contributed by atoms with Crippen LogP contribution in [0.5, 0.6) is 0 Å². The van der Waals surface area contributed by atoms with Crippen molar-refractivity contribution in [1.29, 1.82) is 0 Å². The number of imide groups is 1. The molecule has 2 rings (SSSR count). The van der Waals surface area contributed by atoms with E-state index in [0.29, 0.717) is 19.3 Å². The summed E-state index contributed by atoms with van der Waals surface area (Å²) < 4.78 is 0. The number of hydrogen-bond donors (Lipinski definition) is 1. The van der Waals surface area contributed by atoms with Gasteiger partial charge >= 0.3 is 5.97 Å². The van der Waals surface area contributed by atoms with Crippen LogP contribution in [0.2, 0.25) is 0 Å². The van der Waals surface area contributed by atoms with Crippen molar-refractivity contribution in [3.63, 3.8) is 0 Å². The maximum Gasteiger partial charge on any atom is 0.326 e. The van der Waals surface area contributed by atoms with E-state index < -0.39 is 12.0 Å². The minimum atomic E-state index is -1.06. The lowest BCUT2D eigenvalue weighted by Gasteiger charge is -2.34. The summed E-state index contributed by atoms with van der Waals surface area (Å²) in [6, 6.07) is -0.944. The normalized spacial score (nSPS) is 26.1. The quantitative estimate of drug-likeness (QED) is 0.758. The van der Waals surface area contributed by atoms with Crippen LogP contribution in [0.3, 0.4) is 0 Å². The molecule has 0 bridgehead atoms. The Balaban J connectivity index is 2.13. The summed E-state index contributed by atoms with van der Waals surface area (Å²) >= 11 is 0. The highest BCUT2D eigenvalue weighted by atomic mass is 16.4. The van der Waals surface area contributed by atoms with Gasteiger partial charge in [-0.3, -0.25) is 14.5 Å². The second kappa shape index (κ2) is 5.50. The number of piperidine rings is 1. The molecule has 18 heavy (non-hydrogen) atoms. The van der Waals surface area contributed by atoms with Gasteiger partial charge in [0.05, 0.1) is 0 Å². The van der Waals surface area contributed by atoms with Crippen LogP contribution < -0.4 is 0 Å². The zero-order chi connectivity index (χ0) is 13.1. The molecule has 1 atom stereocenters. The summed E-state index contributed by atoms with van der Waals surface area (Å²) in [7, 11) is 0. The summed E-state index contributed by atoms with van der Waals surface area (Å²) in [6.45, 7) is 0. The maximum atomic E-state index is 12.3. The SMILES string of the molecule is O=C(O)C1CCCC(=O)N1C(=O)C1CCCCC1. The zero-order valence-corrected chi connectivity index (χ0v) is 10.4. The van der Waals surface area contributed by atoms with E-state index in [2.05, 4.69) is 0 Å². The zero-order valence-electron chi connectivity index (χ0n) is 10.4. The molecule has 0 spiro atoms. The third-order valence-electron chi connectivity index (χ3n) is 3.93. The number of rotatable bonds is 2. The lowest BCUT2D eigenvalue weighted by atomic mass is 9.87. The standard InChI is InChI=1S/C13H19NO4/c15-11-8-4-7-10(13(17)18)14(11)12(16)9-5-2-1-3-6-9/h9-10H,1-8H2,(H,17,18). The van der Waals surface area contributed by atoms with Crippen molar-refractivity contribution in [1.82, 2.24) is 4.90 Å². The van der Waals surface area contributed by atoms with Gasteiger partial charge < -0.3 is 5.11 Å². The Morgan fingerprint density at radius 1 is 1.06 bits per heavy atom. The second-order valence-corrected chi connectivity index (χ2v) is 5.18. The molecule has 100 valence electrons. The van der Waals surface area contributed by atoms with Gasteiger partial charge in [-0.25, -0.2) is 4.79 Å². The number of likely N-dealkylation sites (tertiary alicyclic amines) is 1. The smallest absolute Gasteiger partial charge is 0.326 e. The predicted molar refractivity (Wildman–Crippen MR) is 63.7 cm³/mol. The summed E-state index contributed by atoms with van der Waals surface area (Å²) in [5.41, 5.74) is 0. The van der Waals surface area contributed by atoms with Crippen LogP contribution in [0, 0.1) is 5.92 Å². The molecule has 1 unspecified atom stereocenters. The lowest BCUT2D eigenvalue weighted by Crippen LogP contribution is -2.53. The van der Waals surface area contributed by atoms with Crippen LogP contribution >= 0.6 is 0 Å². The molecule has 0 radical (unpaired) electrons. The molecule has 1 aliphatic heterocycles. The molecule has 2 amide bonds. The molecular weight excluding hydrogens is 234 g/mol. The molecule has 1 aliphatic carbocycles. The maximum absolute atomic E-state index is 12.3. The highest BCUT2D eigenvalue weighted by molar-refractivity contribution is 6.00. The van der Waals surface area contributed by atoms with E-state index in [1.807, 2.05) is 0 Å². The number of nitrogens with zero attached hydrogens (tertiary/aromatic N) is 1. The van der Waals surface area contributed by atoms with Crippen LogP contribution in [0.15, 0.2) is 0 Å². The minimum Gasteiger partial charge on any atom is -0.480 e. The molecule has 1 saturated heterocycles. The van der Waals surface area contributed by atoms with Gasteiger partial charge in [0.1, 0.15) is 6.04 Å². The van der Waals surface area contributed by atoms with E-state index in [0.717, 1.165) is 37.0 Å². The number of amides is 2. The molecule has 2 fully saturated rings. The molecule has 1 heterocycles. The van der Waals surface area contributed by atoms with Gasteiger partial charge in [-0.15, -0.1) is 0 Å². The third-order valence-corrected chi connectivity index (χ3v) is 3.93. The lowest BCUT2D eigenvalue weighted by molar-refractivity contribution is -0.163. The molecule has 2 aliphatic rings. The van der Waals surface area contributed by atoms with E-state index in [9.17, 15) is 14.4 Å². The summed E-state index contributed by atoms with van der Waals surface area (Å²) in [5, 5.41) is 9.13. The highest BCUT2D eigenvalue weighted by Gasteiger charge is 2.40. The molecule has 0 aromatic rings. The minimum absolute atomic E-state index is 0.150. The van der Waals surface area contributed by atoms with Gasteiger partial charge in [0.15, 0.2) is 0 Å². The van der Waals surface area contributed by atoms with Crippen LogP contribution in [0.25, 0.3) is 0 Å². The molecule has 5 heteroatoms. The topological polar surface area (TPSA) is 74.7 Å². The van der Waals surface area contributed by atoms with Crippen molar-refractivity contribution in [2.24, 2.45) is 5.92 Å². The molecule has 5 nitrogen and oxygen atoms in total. The molecular formula is C13H19NO4. The van der Waals surface area contributed by atoms with E-state index in [1.165, 1.54) is 0 Å². The van der Waals surface area contributed by atoms with Gasteiger partial charge in [0.2, 0.25) is 11.8 Å². The first-order valence-corrected chi connectivity index (χ1v) is 6.70. The monoisotopic (exact) mass is 253 g/mol. The average Bonchev–Trinajstić information content (AvgIpc) is 2.38. The number of aliphatic carboxylic acids is 1. The summed E-state index contributed by atoms with van der Waals surface area (Å²) in [5.74, 6) is -1.79. The van der Waals surface area contributed by atoms with Crippen molar-refractivity contribution < 1.29 is 19.5 Å². The number of carboxylic acid groups (broad SMARTS) is 1. The van der Waals surface area contributed by atoms with Gasteiger partial charge in [-0.2, -0.15) is 0 Å². The Kier molecular flexibility index (Phi) is 3.99. The molecule has 1 saturated carbocycles. The van der Waals surface area contributed by atoms with Crippen LogP contribution in [-0.4, -0.2) is 33.8 Å². The van der Waals surface area contributed by atoms with Crippen molar-refractivity contribution >= 4 is 17.8 Å². The number of carboxylic acids is 1. The fraction of sp³-hybridized carbons (Fsp3) is 0.769. The fourth-order valence-electron chi connectivity index (χ4n) is 2.93. The second-order valence-electron chi connectivity index (χ2n) is 5.18. The van der Waals surface area contributed by atoms with E-state index in [-0.39, 0.29) is 17.7 Å². The Morgan fingerprint density at radius 3 is 2.33 bits per heavy atom. The van der Waals surface area contributed by atoms with E-state index in [1.54, 1.807) is 0 Å². The van der Waals surface area contributed by atoms with E-state index in [4.69, 9.17) is 5.11 Å². The largest absolute Gasteiger partial charge is 0.480 e.